The standard InChI is InChI=1S/C13H16IN3S/c1-3-6-15-13-11(14)10(4-2)16-12(17-13)9-5-7-18-8-9/h5,7-8H,3-4,6H2,1-2H3,(H,15,16,17). The number of aryl methyl sites for hydroxylation is 1. The Balaban J connectivity index is 2.42. The van der Waals surface area contributed by atoms with Crippen LogP contribution in [-0.4, -0.2) is 16.5 Å². The van der Waals surface area contributed by atoms with Crippen LogP contribution in [0.2, 0.25) is 0 Å². The van der Waals surface area contributed by atoms with Crippen LogP contribution >= 0.6 is 33.9 Å². The Kier molecular flexibility index (Phi) is 4.94. The summed E-state index contributed by atoms with van der Waals surface area (Å²) in [6.45, 7) is 5.23. The molecule has 2 aromatic rings. The summed E-state index contributed by atoms with van der Waals surface area (Å²) < 4.78 is 1.14. The summed E-state index contributed by atoms with van der Waals surface area (Å²) >= 11 is 4.00. The summed E-state index contributed by atoms with van der Waals surface area (Å²) in [7, 11) is 0. The van der Waals surface area contributed by atoms with E-state index in [0.717, 1.165) is 45.9 Å². The third kappa shape index (κ3) is 3.00. The molecule has 96 valence electrons. The van der Waals surface area contributed by atoms with Crippen molar-refractivity contribution in [3.05, 3.63) is 26.1 Å². The van der Waals surface area contributed by atoms with E-state index < -0.39 is 0 Å². The Bertz CT molecular complexity index is 511. The van der Waals surface area contributed by atoms with E-state index in [0.29, 0.717) is 0 Å². The van der Waals surface area contributed by atoms with E-state index in [1.165, 1.54) is 0 Å². The van der Waals surface area contributed by atoms with E-state index in [-0.39, 0.29) is 0 Å². The van der Waals surface area contributed by atoms with Crippen molar-refractivity contribution >= 4 is 39.7 Å². The molecule has 3 nitrogen and oxygen atoms in total. The molecule has 0 aromatic carbocycles. The van der Waals surface area contributed by atoms with Crippen LogP contribution in [0.25, 0.3) is 11.4 Å². The summed E-state index contributed by atoms with van der Waals surface area (Å²) in [6.07, 6.45) is 2.02. The van der Waals surface area contributed by atoms with Crippen LogP contribution in [0, 0.1) is 3.57 Å². The first-order valence-corrected chi connectivity index (χ1v) is 8.11. The molecule has 18 heavy (non-hydrogen) atoms. The van der Waals surface area contributed by atoms with Crippen molar-refractivity contribution in [3.63, 3.8) is 0 Å². The maximum absolute atomic E-state index is 4.65. The number of halogens is 1. The lowest BCUT2D eigenvalue weighted by Gasteiger charge is -2.11. The Morgan fingerprint density at radius 1 is 1.33 bits per heavy atom. The molecule has 0 fully saturated rings. The van der Waals surface area contributed by atoms with Gasteiger partial charge < -0.3 is 5.32 Å². The first-order chi connectivity index (χ1) is 8.76. The average molecular weight is 373 g/mol. The molecule has 0 radical (unpaired) electrons. The van der Waals surface area contributed by atoms with E-state index in [2.05, 4.69) is 68.5 Å². The quantitative estimate of drug-likeness (QED) is 0.799. The van der Waals surface area contributed by atoms with Gasteiger partial charge in [0.1, 0.15) is 5.82 Å². The summed E-state index contributed by atoms with van der Waals surface area (Å²) in [5.41, 5.74) is 2.22. The number of anilines is 1. The Hall–Kier alpha value is -0.690. The van der Waals surface area contributed by atoms with Crippen molar-refractivity contribution in [1.29, 1.82) is 0 Å². The Morgan fingerprint density at radius 2 is 2.17 bits per heavy atom. The number of hydrogen-bond acceptors (Lipinski definition) is 4. The van der Waals surface area contributed by atoms with Gasteiger partial charge in [-0.05, 0) is 46.9 Å². The highest BCUT2D eigenvalue weighted by atomic mass is 127. The summed E-state index contributed by atoms with van der Waals surface area (Å²) in [5, 5.41) is 7.53. The molecule has 0 amide bonds. The summed E-state index contributed by atoms with van der Waals surface area (Å²) in [4.78, 5) is 9.29. The van der Waals surface area contributed by atoms with Gasteiger partial charge in [0, 0.05) is 17.5 Å². The molecular formula is C13H16IN3S. The van der Waals surface area contributed by atoms with E-state index >= 15 is 0 Å². The zero-order valence-electron chi connectivity index (χ0n) is 10.5. The second-order valence-electron chi connectivity index (χ2n) is 3.95. The number of thiophene rings is 1. The van der Waals surface area contributed by atoms with Crippen molar-refractivity contribution in [3.8, 4) is 11.4 Å². The predicted octanol–water partition coefficient (Wildman–Crippen LogP) is 4.19. The molecule has 2 aromatic heterocycles. The van der Waals surface area contributed by atoms with E-state index in [4.69, 9.17) is 0 Å². The molecule has 2 heterocycles. The van der Waals surface area contributed by atoms with Crippen molar-refractivity contribution in [2.24, 2.45) is 0 Å². The first-order valence-electron chi connectivity index (χ1n) is 6.09. The van der Waals surface area contributed by atoms with E-state index in [1.807, 2.05) is 0 Å². The van der Waals surface area contributed by atoms with Crippen LogP contribution < -0.4 is 5.32 Å². The highest BCUT2D eigenvalue weighted by Crippen LogP contribution is 2.25. The van der Waals surface area contributed by atoms with Gasteiger partial charge in [-0.2, -0.15) is 11.3 Å². The minimum absolute atomic E-state index is 0.826. The SMILES string of the molecule is CCCNc1nc(-c2ccsc2)nc(CC)c1I. The van der Waals surface area contributed by atoms with E-state index in [9.17, 15) is 0 Å². The van der Waals surface area contributed by atoms with Crippen LogP contribution in [-0.2, 0) is 6.42 Å². The topological polar surface area (TPSA) is 37.8 Å². The van der Waals surface area contributed by atoms with Gasteiger partial charge >= 0.3 is 0 Å². The minimum atomic E-state index is 0.826. The molecule has 0 saturated carbocycles. The van der Waals surface area contributed by atoms with Gasteiger partial charge in [0.25, 0.3) is 0 Å². The first kappa shape index (κ1) is 13.7. The Morgan fingerprint density at radius 3 is 2.78 bits per heavy atom. The third-order valence-electron chi connectivity index (χ3n) is 2.58. The molecule has 0 bridgehead atoms. The van der Waals surface area contributed by atoms with Crippen LogP contribution in [0.1, 0.15) is 26.0 Å². The normalized spacial score (nSPS) is 10.6. The summed E-state index contributed by atoms with van der Waals surface area (Å²) in [6, 6.07) is 2.07. The number of nitrogens with one attached hydrogen (secondary N) is 1. The van der Waals surface area contributed by atoms with Crippen LogP contribution in [0.3, 0.4) is 0 Å². The second kappa shape index (κ2) is 6.47. The van der Waals surface area contributed by atoms with Crippen molar-refractivity contribution in [2.45, 2.75) is 26.7 Å². The van der Waals surface area contributed by atoms with Crippen molar-refractivity contribution in [1.82, 2.24) is 9.97 Å². The molecule has 0 atom stereocenters. The zero-order valence-corrected chi connectivity index (χ0v) is 13.5. The molecular weight excluding hydrogens is 357 g/mol. The van der Waals surface area contributed by atoms with Gasteiger partial charge in [-0.25, -0.2) is 9.97 Å². The van der Waals surface area contributed by atoms with Crippen LogP contribution in [0.4, 0.5) is 5.82 Å². The highest BCUT2D eigenvalue weighted by molar-refractivity contribution is 14.1. The minimum Gasteiger partial charge on any atom is -0.369 e. The fourth-order valence-corrected chi connectivity index (χ4v) is 3.06. The molecule has 0 unspecified atom stereocenters. The fourth-order valence-electron chi connectivity index (χ4n) is 1.61. The van der Waals surface area contributed by atoms with Gasteiger partial charge in [0.05, 0.1) is 9.26 Å². The molecule has 2 rings (SSSR count). The average Bonchev–Trinajstić information content (AvgIpc) is 2.91. The van der Waals surface area contributed by atoms with Gasteiger partial charge in [-0.1, -0.05) is 13.8 Å². The van der Waals surface area contributed by atoms with Gasteiger partial charge in [0.2, 0.25) is 0 Å². The van der Waals surface area contributed by atoms with Crippen LogP contribution in [0.5, 0.6) is 0 Å². The van der Waals surface area contributed by atoms with Gasteiger partial charge in [-0.3, -0.25) is 0 Å². The van der Waals surface area contributed by atoms with Crippen molar-refractivity contribution < 1.29 is 0 Å². The molecule has 0 aliphatic carbocycles. The summed E-state index contributed by atoms with van der Waals surface area (Å²) in [5.74, 6) is 1.79. The maximum Gasteiger partial charge on any atom is 0.162 e. The van der Waals surface area contributed by atoms with Gasteiger partial charge in [-0.15, -0.1) is 0 Å². The second-order valence-corrected chi connectivity index (χ2v) is 5.81. The molecule has 0 saturated heterocycles. The maximum atomic E-state index is 4.65. The smallest absolute Gasteiger partial charge is 0.162 e. The molecule has 0 spiro atoms. The van der Waals surface area contributed by atoms with Crippen molar-refractivity contribution in [2.75, 3.05) is 11.9 Å². The molecule has 0 aliphatic heterocycles. The molecule has 5 heteroatoms. The lowest BCUT2D eigenvalue weighted by Crippen LogP contribution is -2.08. The van der Waals surface area contributed by atoms with Gasteiger partial charge in [0.15, 0.2) is 5.82 Å². The lowest BCUT2D eigenvalue weighted by atomic mass is 10.2. The zero-order chi connectivity index (χ0) is 13.0. The number of rotatable bonds is 5. The number of nitrogens with zero attached hydrogens (tertiary/aromatic N) is 2. The third-order valence-corrected chi connectivity index (χ3v) is 4.39. The number of aromatic nitrogens is 2. The predicted molar refractivity (Wildman–Crippen MR) is 86.2 cm³/mol. The molecule has 1 N–H and O–H groups in total. The number of hydrogen-bond donors (Lipinski definition) is 1. The lowest BCUT2D eigenvalue weighted by molar-refractivity contribution is 0.943. The monoisotopic (exact) mass is 373 g/mol. The Labute approximate surface area is 125 Å². The van der Waals surface area contributed by atoms with E-state index in [1.54, 1.807) is 11.3 Å². The van der Waals surface area contributed by atoms with Crippen LogP contribution in [0.15, 0.2) is 16.8 Å². The fraction of sp³-hybridized carbons (Fsp3) is 0.385. The largest absolute Gasteiger partial charge is 0.369 e. The highest BCUT2D eigenvalue weighted by Gasteiger charge is 2.12. The molecule has 0 aliphatic rings.